The maximum Gasteiger partial charge on any atom is 0.335 e. The molecule has 3 rings (SSSR count). The number of hydrogen-bond acceptors (Lipinski definition) is 8. The SMILES string of the molecule is COc1cc(C)nc(NC(=O)NS(=O)(=O)c2c(Br)nc3cccnn23)n1. The molecule has 0 aromatic carbocycles. The quantitative estimate of drug-likeness (QED) is 0.612. The second-order valence-corrected chi connectivity index (χ2v) is 7.29. The molecule has 0 atom stereocenters. The number of hydrogen-bond donors (Lipinski definition) is 2. The number of methoxy groups -OCH3 is 1. The van der Waals surface area contributed by atoms with Gasteiger partial charge in [-0.1, -0.05) is 0 Å². The predicted molar refractivity (Wildman–Crippen MR) is 93.3 cm³/mol. The first kappa shape index (κ1) is 18.0. The van der Waals surface area contributed by atoms with Crippen LogP contribution in [-0.2, 0) is 10.0 Å². The van der Waals surface area contributed by atoms with Crippen molar-refractivity contribution in [2.45, 2.75) is 11.9 Å². The zero-order valence-electron chi connectivity index (χ0n) is 13.5. The molecule has 0 aliphatic rings. The first-order valence-electron chi connectivity index (χ1n) is 7.03. The zero-order chi connectivity index (χ0) is 18.9. The molecule has 136 valence electrons. The fraction of sp³-hybridized carbons (Fsp3) is 0.154. The molecular formula is C13H12BrN7O4S. The number of imidazole rings is 1. The monoisotopic (exact) mass is 441 g/mol. The van der Waals surface area contributed by atoms with E-state index >= 15 is 0 Å². The fourth-order valence-corrected chi connectivity index (χ4v) is 4.08. The number of aryl methyl sites for hydroxylation is 1. The largest absolute Gasteiger partial charge is 0.481 e. The summed E-state index contributed by atoms with van der Waals surface area (Å²) in [6, 6.07) is 3.69. The molecule has 26 heavy (non-hydrogen) atoms. The minimum Gasteiger partial charge on any atom is -0.481 e. The molecule has 0 fully saturated rings. The normalized spacial score (nSPS) is 11.3. The van der Waals surface area contributed by atoms with E-state index in [1.165, 1.54) is 13.3 Å². The van der Waals surface area contributed by atoms with Crippen molar-refractivity contribution in [2.75, 3.05) is 12.4 Å². The lowest BCUT2D eigenvalue weighted by Crippen LogP contribution is -2.35. The average molecular weight is 442 g/mol. The molecule has 2 amide bonds. The van der Waals surface area contributed by atoms with Gasteiger partial charge < -0.3 is 4.74 Å². The molecule has 3 heterocycles. The number of anilines is 1. The third-order valence-corrected chi connectivity index (χ3v) is 5.20. The molecular weight excluding hydrogens is 430 g/mol. The molecule has 11 nitrogen and oxygen atoms in total. The molecule has 0 unspecified atom stereocenters. The lowest BCUT2D eigenvalue weighted by Gasteiger charge is -2.08. The van der Waals surface area contributed by atoms with Gasteiger partial charge in [-0.15, -0.1) is 0 Å². The summed E-state index contributed by atoms with van der Waals surface area (Å²) in [5.74, 6) is 0.120. The van der Waals surface area contributed by atoms with E-state index in [2.05, 4.69) is 41.3 Å². The van der Waals surface area contributed by atoms with Crippen LogP contribution in [0.4, 0.5) is 10.7 Å². The maximum atomic E-state index is 12.6. The number of amides is 2. The number of ether oxygens (including phenoxy) is 1. The van der Waals surface area contributed by atoms with E-state index in [0.29, 0.717) is 11.3 Å². The summed E-state index contributed by atoms with van der Waals surface area (Å²) in [7, 11) is -2.87. The Kier molecular flexibility index (Phi) is 4.73. The van der Waals surface area contributed by atoms with Gasteiger partial charge in [0.2, 0.25) is 16.9 Å². The highest BCUT2D eigenvalue weighted by Crippen LogP contribution is 2.22. The van der Waals surface area contributed by atoms with Crippen LogP contribution >= 0.6 is 15.9 Å². The van der Waals surface area contributed by atoms with Crippen LogP contribution in [0.25, 0.3) is 5.65 Å². The van der Waals surface area contributed by atoms with Gasteiger partial charge in [0.15, 0.2) is 5.65 Å². The number of urea groups is 1. The smallest absolute Gasteiger partial charge is 0.335 e. The number of fused-ring (bicyclic) bond motifs is 1. The Labute approximate surface area is 156 Å². The van der Waals surface area contributed by atoms with Crippen molar-refractivity contribution in [3.8, 4) is 5.88 Å². The summed E-state index contributed by atoms with van der Waals surface area (Å²) < 4.78 is 33.1. The average Bonchev–Trinajstić information content (AvgIpc) is 2.89. The summed E-state index contributed by atoms with van der Waals surface area (Å²) >= 11 is 3.07. The highest BCUT2D eigenvalue weighted by molar-refractivity contribution is 9.10. The lowest BCUT2D eigenvalue weighted by molar-refractivity contribution is 0.256. The summed E-state index contributed by atoms with van der Waals surface area (Å²) in [4.78, 5) is 24.0. The van der Waals surface area contributed by atoms with Gasteiger partial charge in [-0.3, -0.25) is 5.32 Å². The Bertz CT molecular complexity index is 1100. The lowest BCUT2D eigenvalue weighted by atomic mass is 10.4. The number of rotatable bonds is 4. The molecule has 0 spiro atoms. The summed E-state index contributed by atoms with van der Waals surface area (Å²) in [6.07, 6.45) is 1.40. The molecule has 0 saturated heterocycles. The van der Waals surface area contributed by atoms with Crippen LogP contribution in [0.15, 0.2) is 34.0 Å². The van der Waals surface area contributed by atoms with Crippen LogP contribution < -0.4 is 14.8 Å². The van der Waals surface area contributed by atoms with E-state index in [0.717, 1.165) is 4.52 Å². The van der Waals surface area contributed by atoms with Gasteiger partial charge in [-0.25, -0.2) is 19.5 Å². The summed E-state index contributed by atoms with van der Waals surface area (Å²) in [5.41, 5.74) is 0.829. The number of halogens is 1. The maximum absolute atomic E-state index is 12.6. The molecule has 3 aromatic heterocycles. The molecule has 0 bridgehead atoms. The van der Waals surface area contributed by atoms with Crippen molar-refractivity contribution in [3.63, 3.8) is 0 Å². The van der Waals surface area contributed by atoms with E-state index in [9.17, 15) is 13.2 Å². The van der Waals surface area contributed by atoms with Crippen molar-refractivity contribution < 1.29 is 17.9 Å². The Balaban J connectivity index is 1.86. The second-order valence-electron chi connectivity index (χ2n) is 4.94. The highest BCUT2D eigenvalue weighted by atomic mass is 79.9. The number of nitrogens with zero attached hydrogens (tertiary/aromatic N) is 5. The van der Waals surface area contributed by atoms with Crippen LogP contribution in [0.1, 0.15) is 5.69 Å². The Hall–Kier alpha value is -2.80. The standard InChI is InChI=1S/C13H12BrN7O4S/c1-7-6-9(25-2)18-12(16-7)19-13(22)20-26(23,24)11-10(14)17-8-4-3-5-15-21(8)11/h3-6H,1-2H3,(H2,16,18,19,20,22). The van der Waals surface area contributed by atoms with E-state index in [1.807, 2.05) is 4.72 Å². The number of aromatic nitrogens is 5. The predicted octanol–water partition coefficient (Wildman–Crippen LogP) is 1.11. The number of nitrogens with one attached hydrogen (secondary N) is 2. The van der Waals surface area contributed by atoms with Crippen LogP contribution in [0.3, 0.4) is 0 Å². The Morgan fingerprint density at radius 1 is 1.31 bits per heavy atom. The van der Waals surface area contributed by atoms with E-state index in [1.54, 1.807) is 25.1 Å². The highest BCUT2D eigenvalue weighted by Gasteiger charge is 2.27. The summed E-state index contributed by atoms with van der Waals surface area (Å²) in [6.45, 7) is 1.67. The topological polar surface area (TPSA) is 140 Å². The van der Waals surface area contributed by atoms with E-state index in [-0.39, 0.29) is 21.5 Å². The molecule has 0 aliphatic heterocycles. The first-order chi connectivity index (χ1) is 12.3. The van der Waals surface area contributed by atoms with E-state index < -0.39 is 16.1 Å². The van der Waals surface area contributed by atoms with Gasteiger partial charge in [-0.2, -0.15) is 23.0 Å². The third-order valence-electron chi connectivity index (χ3n) is 3.06. The molecule has 0 aliphatic carbocycles. The molecule has 2 N–H and O–H groups in total. The number of carbonyl (C=O) groups excluding carboxylic acids is 1. The van der Waals surface area contributed by atoms with Gasteiger partial charge in [-0.05, 0) is 35.0 Å². The molecule has 0 radical (unpaired) electrons. The van der Waals surface area contributed by atoms with E-state index in [4.69, 9.17) is 4.74 Å². The third kappa shape index (κ3) is 3.57. The Morgan fingerprint density at radius 2 is 2.08 bits per heavy atom. The molecule has 13 heteroatoms. The van der Waals surface area contributed by atoms with Gasteiger partial charge in [0.05, 0.1) is 7.11 Å². The van der Waals surface area contributed by atoms with Gasteiger partial charge in [0, 0.05) is 18.0 Å². The fourth-order valence-electron chi connectivity index (χ4n) is 2.06. The van der Waals surface area contributed by atoms with Crippen LogP contribution in [0, 0.1) is 6.92 Å². The van der Waals surface area contributed by atoms with Gasteiger partial charge >= 0.3 is 6.03 Å². The Morgan fingerprint density at radius 3 is 2.81 bits per heavy atom. The van der Waals surface area contributed by atoms with Crippen molar-refractivity contribution in [1.29, 1.82) is 0 Å². The molecule has 3 aromatic rings. The second kappa shape index (κ2) is 6.84. The minimum absolute atomic E-state index is 0.0185. The first-order valence-corrected chi connectivity index (χ1v) is 9.30. The van der Waals surface area contributed by atoms with Crippen molar-refractivity contribution in [1.82, 2.24) is 29.3 Å². The summed E-state index contributed by atoms with van der Waals surface area (Å²) in [5, 5.41) is 5.86. The van der Waals surface area contributed by atoms with Crippen molar-refractivity contribution >= 4 is 43.6 Å². The van der Waals surface area contributed by atoms with Crippen molar-refractivity contribution in [2.24, 2.45) is 0 Å². The molecule has 0 saturated carbocycles. The van der Waals surface area contributed by atoms with Gasteiger partial charge in [0.25, 0.3) is 10.0 Å². The number of carbonyl (C=O) groups is 1. The van der Waals surface area contributed by atoms with Crippen LogP contribution in [0.5, 0.6) is 5.88 Å². The minimum atomic E-state index is -4.28. The van der Waals surface area contributed by atoms with Crippen molar-refractivity contribution in [3.05, 3.63) is 34.7 Å². The zero-order valence-corrected chi connectivity index (χ0v) is 15.9. The number of sulfonamides is 1. The van der Waals surface area contributed by atoms with Crippen LogP contribution in [0.2, 0.25) is 0 Å². The van der Waals surface area contributed by atoms with Gasteiger partial charge in [0.1, 0.15) is 4.60 Å². The van der Waals surface area contributed by atoms with Crippen LogP contribution in [-0.4, -0.2) is 46.1 Å².